The first kappa shape index (κ1) is 11.7. The van der Waals surface area contributed by atoms with Crippen molar-refractivity contribution in [2.75, 3.05) is 24.6 Å². The number of hydrogen-bond acceptors (Lipinski definition) is 3. The van der Waals surface area contributed by atoms with Gasteiger partial charge in [0.05, 0.1) is 0 Å². The molecule has 0 aromatic heterocycles. The average molecular weight is 228 g/mol. The van der Waals surface area contributed by atoms with Gasteiger partial charge in [0.2, 0.25) is 0 Å². The Balaban J connectivity index is 1.61. The average Bonchev–Trinajstić information content (AvgIpc) is 2.24. The predicted molar refractivity (Wildman–Crippen MR) is 68.6 cm³/mol. The zero-order valence-corrected chi connectivity index (χ0v) is 10.7. The predicted octanol–water partition coefficient (Wildman–Crippen LogP) is 2.00. The Labute approximate surface area is 98.0 Å². The van der Waals surface area contributed by atoms with Crippen LogP contribution >= 0.6 is 11.8 Å². The van der Waals surface area contributed by atoms with E-state index in [4.69, 9.17) is 0 Å². The number of nitrogens with one attached hydrogen (secondary N) is 2. The quantitative estimate of drug-likeness (QED) is 0.753. The summed E-state index contributed by atoms with van der Waals surface area (Å²) in [4.78, 5) is 0. The summed E-state index contributed by atoms with van der Waals surface area (Å²) in [5, 5.41) is 7.38. The first-order chi connectivity index (χ1) is 7.35. The normalized spacial score (nSPS) is 29.8. The number of rotatable bonds is 5. The van der Waals surface area contributed by atoms with Crippen LogP contribution in [0.2, 0.25) is 0 Å². The van der Waals surface area contributed by atoms with E-state index >= 15 is 0 Å². The molecule has 3 heteroatoms. The van der Waals surface area contributed by atoms with Gasteiger partial charge in [-0.3, -0.25) is 0 Å². The minimum Gasteiger partial charge on any atom is -0.312 e. The van der Waals surface area contributed by atoms with Gasteiger partial charge in [-0.1, -0.05) is 6.92 Å². The van der Waals surface area contributed by atoms with E-state index < -0.39 is 0 Å². The fourth-order valence-electron chi connectivity index (χ4n) is 2.58. The summed E-state index contributed by atoms with van der Waals surface area (Å²) >= 11 is 2.10. The molecule has 0 aromatic carbocycles. The summed E-state index contributed by atoms with van der Waals surface area (Å²) in [6.45, 7) is 4.72. The molecule has 0 aromatic rings. The van der Waals surface area contributed by atoms with E-state index in [2.05, 4.69) is 29.3 Å². The first-order valence-corrected chi connectivity index (χ1v) is 7.56. The van der Waals surface area contributed by atoms with Crippen molar-refractivity contribution >= 4 is 11.8 Å². The second kappa shape index (κ2) is 5.55. The Morgan fingerprint density at radius 3 is 2.87 bits per heavy atom. The molecule has 15 heavy (non-hydrogen) atoms. The lowest BCUT2D eigenvalue weighted by atomic mass is 9.75. The van der Waals surface area contributed by atoms with Gasteiger partial charge in [-0.2, -0.15) is 11.8 Å². The van der Waals surface area contributed by atoms with Gasteiger partial charge in [0.15, 0.2) is 0 Å². The van der Waals surface area contributed by atoms with E-state index in [0.29, 0.717) is 5.54 Å². The molecule has 2 aliphatic rings. The molecule has 1 unspecified atom stereocenters. The van der Waals surface area contributed by atoms with Crippen LogP contribution in [-0.2, 0) is 0 Å². The van der Waals surface area contributed by atoms with Gasteiger partial charge in [0.25, 0.3) is 0 Å². The number of thioether (sulfide) groups is 1. The Morgan fingerprint density at radius 1 is 1.47 bits per heavy atom. The third-order valence-corrected chi connectivity index (χ3v) is 5.11. The molecule has 2 rings (SSSR count). The molecule has 1 atom stereocenters. The van der Waals surface area contributed by atoms with Gasteiger partial charge in [0, 0.05) is 29.6 Å². The van der Waals surface area contributed by atoms with Crippen LogP contribution in [0.15, 0.2) is 0 Å². The van der Waals surface area contributed by atoms with Crippen molar-refractivity contribution in [1.29, 1.82) is 0 Å². The van der Waals surface area contributed by atoms with Crippen LogP contribution in [0, 0.1) is 0 Å². The van der Waals surface area contributed by atoms with Crippen molar-refractivity contribution in [3.05, 3.63) is 0 Å². The summed E-state index contributed by atoms with van der Waals surface area (Å²) in [5.74, 6) is 2.60. The van der Waals surface area contributed by atoms with Crippen molar-refractivity contribution in [1.82, 2.24) is 10.6 Å². The molecule has 88 valence electrons. The summed E-state index contributed by atoms with van der Waals surface area (Å²) < 4.78 is 0. The molecule has 1 aliphatic heterocycles. The lowest BCUT2D eigenvalue weighted by Crippen LogP contribution is -2.52. The van der Waals surface area contributed by atoms with Gasteiger partial charge in [-0.25, -0.2) is 0 Å². The maximum absolute atomic E-state index is 3.78. The van der Waals surface area contributed by atoms with Crippen LogP contribution in [0.5, 0.6) is 0 Å². The molecular weight excluding hydrogens is 204 g/mol. The molecule has 1 saturated carbocycles. The molecule has 2 N–H and O–H groups in total. The molecule has 0 amide bonds. The maximum Gasteiger partial charge on any atom is 0.0178 e. The maximum atomic E-state index is 3.78. The molecule has 1 aliphatic carbocycles. The summed E-state index contributed by atoms with van der Waals surface area (Å²) in [5.41, 5.74) is 0.530. The molecule has 2 fully saturated rings. The number of hydrogen-bond donors (Lipinski definition) is 2. The summed E-state index contributed by atoms with van der Waals surface area (Å²) in [6, 6.07) is 0.755. The van der Waals surface area contributed by atoms with E-state index in [0.717, 1.165) is 6.04 Å². The molecule has 0 radical (unpaired) electrons. The first-order valence-electron chi connectivity index (χ1n) is 6.41. The Kier molecular flexibility index (Phi) is 4.35. The van der Waals surface area contributed by atoms with Gasteiger partial charge < -0.3 is 10.6 Å². The lowest BCUT2D eigenvalue weighted by Gasteiger charge is -2.42. The SMILES string of the molecule is CCC1(NCCC2CSCCN2)CCC1. The minimum absolute atomic E-state index is 0.530. The monoisotopic (exact) mass is 228 g/mol. The van der Waals surface area contributed by atoms with Gasteiger partial charge >= 0.3 is 0 Å². The fraction of sp³-hybridized carbons (Fsp3) is 1.00. The van der Waals surface area contributed by atoms with Crippen molar-refractivity contribution in [3.8, 4) is 0 Å². The zero-order valence-electron chi connectivity index (χ0n) is 9.85. The van der Waals surface area contributed by atoms with Crippen molar-refractivity contribution < 1.29 is 0 Å². The molecule has 0 spiro atoms. The Morgan fingerprint density at radius 2 is 2.33 bits per heavy atom. The molecular formula is C12H24N2S. The third kappa shape index (κ3) is 3.11. The van der Waals surface area contributed by atoms with E-state index in [1.165, 1.54) is 56.7 Å². The highest BCUT2D eigenvalue weighted by Crippen LogP contribution is 2.34. The second-order valence-electron chi connectivity index (χ2n) is 4.93. The third-order valence-electron chi connectivity index (χ3n) is 3.98. The highest BCUT2D eigenvalue weighted by Gasteiger charge is 2.34. The van der Waals surface area contributed by atoms with Crippen molar-refractivity contribution in [2.45, 2.75) is 50.6 Å². The van der Waals surface area contributed by atoms with Crippen LogP contribution in [0.3, 0.4) is 0 Å². The van der Waals surface area contributed by atoms with Gasteiger partial charge in [0.1, 0.15) is 0 Å². The van der Waals surface area contributed by atoms with Crippen LogP contribution in [0.1, 0.15) is 39.0 Å². The lowest BCUT2D eigenvalue weighted by molar-refractivity contribution is 0.176. The van der Waals surface area contributed by atoms with Crippen LogP contribution in [0.4, 0.5) is 0 Å². The minimum atomic E-state index is 0.530. The zero-order chi connectivity index (χ0) is 10.6. The van der Waals surface area contributed by atoms with Gasteiger partial charge in [-0.15, -0.1) is 0 Å². The van der Waals surface area contributed by atoms with E-state index in [1.54, 1.807) is 0 Å². The highest BCUT2D eigenvalue weighted by molar-refractivity contribution is 7.99. The Hall–Kier alpha value is 0.270. The van der Waals surface area contributed by atoms with Crippen LogP contribution in [-0.4, -0.2) is 36.2 Å². The van der Waals surface area contributed by atoms with Crippen LogP contribution in [0.25, 0.3) is 0 Å². The van der Waals surface area contributed by atoms with Crippen molar-refractivity contribution in [3.63, 3.8) is 0 Å². The molecule has 1 heterocycles. The largest absolute Gasteiger partial charge is 0.312 e. The van der Waals surface area contributed by atoms with Crippen LogP contribution < -0.4 is 10.6 Å². The Bertz CT molecular complexity index is 181. The smallest absolute Gasteiger partial charge is 0.0178 e. The van der Waals surface area contributed by atoms with Crippen molar-refractivity contribution in [2.24, 2.45) is 0 Å². The van der Waals surface area contributed by atoms with E-state index in [9.17, 15) is 0 Å². The fourth-order valence-corrected chi connectivity index (χ4v) is 3.57. The molecule has 1 saturated heterocycles. The topological polar surface area (TPSA) is 24.1 Å². The second-order valence-corrected chi connectivity index (χ2v) is 6.08. The summed E-state index contributed by atoms with van der Waals surface area (Å²) in [7, 11) is 0. The molecule has 2 nitrogen and oxygen atoms in total. The van der Waals surface area contributed by atoms with E-state index in [1.807, 2.05) is 0 Å². The van der Waals surface area contributed by atoms with E-state index in [-0.39, 0.29) is 0 Å². The standard InChI is InChI=1S/C12H24N2S/c1-2-12(5-3-6-12)14-7-4-11-10-15-9-8-13-11/h11,13-14H,2-10H2,1H3. The van der Waals surface area contributed by atoms with Gasteiger partial charge in [-0.05, 0) is 38.6 Å². The highest BCUT2D eigenvalue weighted by atomic mass is 32.2. The summed E-state index contributed by atoms with van der Waals surface area (Å²) in [6.07, 6.45) is 6.83. The molecule has 0 bridgehead atoms.